The Morgan fingerprint density at radius 3 is 2.66 bits per heavy atom. The number of thiophene rings is 1. The van der Waals surface area contributed by atoms with E-state index in [1.54, 1.807) is 11.3 Å². The smallest absolute Gasteiger partial charge is 0.273 e. The number of nitrogens with zero attached hydrogens (tertiary/aromatic N) is 2. The van der Waals surface area contributed by atoms with Gasteiger partial charge in [-0.1, -0.05) is 12.5 Å². The second kappa shape index (κ2) is 9.13. The van der Waals surface area contributed by atoms with Crippen molar-refractivity contribution in [3.63, 3.8) is 0 Å². The molecule has 2 saturated heterocycles. The summed E-state index contributed by atoms with van der Waals surface area (Å²) in [6, 6.07) is 10.2. The van der Waals surface area contributed by atoms with Crippen LogP contribution in [0.4, 0.5) is 0 Å². The molecule has 0 unspecified atom stereocenters. The molecule has 166 valence electrons. The maximum atomic E-state index is 12.8. The lowest BCUT2D eigenvalue weighted by Gasteiger charge is -2.27. The van der Waals surface area contributed by atoms with Crippen molar-refractivity contribution in [2.24, 2.45) is 0 Å². The van der Waals surface area contributed by atoms with Gasteiger partial charge in [0.05, 0.1) is 0 Å². The Bertz CT molecular complexity index is 1100. The summed E-state index contributed by atoms with van der Waals surface area (Å²) in [4.78, 5) is 31.3. The number of carbonyl (C=O) groups is 2. The normalized spacial score (nSPS) is 20.1. The van der Waals surface area contributed by atoms with E-state index in [2.05, 4.69) is 27.7 Å². The highest BCUT2D eigenvalue weighted by Gasteiger charge is 2.27. The van der Waals surface area contributed by atoms with Crippen LogP contribution in [0.25, 0.3) is 16.5 Å². The summed E-state index contributed by atoms with van der Waals surface area (Å²) in [5.74, 6) is -0.0579. The minimum Gasteiger partial charge on any atom is -0.334 e. The van der Waals surface area contributed by atoms with Crippen LogP contribution in [0.2, 0.25) is 0 Å². The lowest BCUT2D eigenvalue weighted by atomic mass is 10.1. The predicted octanol–water partition coefficient (Wildman–Crippen LogP) is 3.59. The van der Waals surface area contributed by atoms with Crippen LogP contribution in [0, 0.1) is 0 Å². The molecule has 3 aliphatic heterocycles. The lowest BCUT2D eigenvalue weighted by molar-refractivity contribution is -0.115. The van der Waals surface area contributed by atoms with Gasteiger partial charge in [-0.3, -0.25) is 14.9 Å². The quantitative estimate of drug-likeness (QED) is 0.503. The molecule has 1 aromatic carbocycles. The molecular weight excluding hydrogens is 440 g/mol. The summed E-state index contributed by atoms with van der Waals surface area (Å²) in [5, 5.41) is 5.78. The molecule has 32 heavy (non-hydrogen) atoms. The van der Waals surface area contributed by atoms with E-state index in [1.165, 1.54) is 32.4 Å². The first-order chi connectivity index (χ1) is 15.6. The third-order valence-corrected chi connectivity index (χ3v) is 7.54. The maximum Gasteiger partial charge on any atom is 0.273 e. The van der Waals surface area contributed by atoms with Gasteiger partial charge in [0, 0.05) is 28.4 Å². The van der Waals surface area contributed by atoms with Crippen molar-refractivity contribution in [3.05, 3.63) is 52.0 Å². The Labute approximate surface area is 197 Å². The summed E-state index contributed by atoms with van der Waals surface area (Å²) >= 11 is 6.59. The third-order valence-electron chi connectivity index (χ3n) is 6.25. The maximum absolute atomic E-state index is 12.8. The molecule has 2 N–H and O–H groups in total. The van der Waals surface area contributed by atoms with Crippen LogP contribution in [0.5, 0.6) is 0 Å². The summed E-state index contributed by atoms with van der Waals surface area (Å²) in [6.45, 7) is 4.98. The Hall–Kier alpha value is -2.55. The number of hydrogen-bond acceptors (Lipinski definition) is 5. The highest BCUT2D eigenvalue weighted by atomic mass is 32.1. The molecule has 0 aliphatic carbocycles. The van der Waals surface area contributed by atoms with Crippen molar-refractivity contribution < 1.29 is 9.59 Å². The molecule has 1 aromatic heterocycles. The highest BCUT2D eigenvalue weighted by Crippen LogP contribution is 2.33. The molecular formula is C24H26N4O2S2. The first kappa shape index (κ1) is 21.3. The van der Waals surface area contributed by atoms with Crippen LogP contribution in [0.1, 0.15) is 46.5 Å². The Morgan fingerprint density at radius 2 is 1.88 bits per heavy atom. The van der Waals surface area contributed by atoms with Gasteiger partial charge in [-0.25, -0.2) is 0 Å². The number of hydrogen-bond donors (Lipinski definition) is 2. The van der Waals surface area contributed by atoms with Crippen LogP contribution < -0.4 is 10.6 Å². The number of rotatable bonds is 6. The fourth-order valence-corrected chi connectivity index (χ4v) is 5.74. The van der Waals surface area contributed by atoms with Gasteiger partial charge in [0.1, 0.15) is 5.70 Å². The third kappa shape index (κ3) is 4.48. The summed E-state index contributed by atoms with van der Waals surface area (Å²) < 4.78 is 0. The zero-order valence-corrected chi connectivity index (χ0v) is 19.5. The van der Waals surface area contributed by atoms with E-state index in [1.807, 2.05) is 29.2 Å². The van der Waals surface area contributed by atoms with E-state index >= 15 is 0 Å². The van der Waals surface area contributed by atoms with E-state index in [-0.39, 0.29) is 11.8 Å². The number of piperidine rings is 1. The summed E-state index contributed by atoms with van der Waals surface area (Å²) in [7, 11) is 0. The second-order valence-corrected chi connectivity index (χ2v) is 10.0. The van der Waals surface area contributed by atoms with Gasteiger partial charge < -0.3 is 15.1 Å². The topological polar surface area (TPSA) is 64.7 Å². The average molecular weight is 467 g/mol. The van der Waals surface area contributed by atoms with Gasteiger partial charge in [-0.05, 0) is 92.6 Å². The Balaban J connectivity index is 1.24. The zero-order valence-electron chi connectivity index (χ0n) is 17.9. The van der Waals surface area contributed by atoms with Crippen molar-refractivity contribution in [2.75, 3.05) is 26.2 Å². The van der Waals surface area contributed by atoms with Gasteiger partial charge in [0.15, 0.2) is 5.11 Å². The largest absolute Gasteiger partial charge is 0.334 e. The van der Waals surface area contributed by atoms with Gasteiger partial charge in [-0.15, -0.1) is 11.3 Å². The molecule has 2 aromatic rings. The van der Waals surface area contributed by atoms with Crippen LogP contribution in [0.15, 0.2) is 36.0 Å². The van der Waals surface area contributed by atoms with Gasteiger partial charge in [0.25, 0.3) is 11.8 Å². The number of thiocarbonyl (C=S) groups is 1. The molecule has 4 heterocycles. The number of benzene rings is 1. The van der Waals surface area contributed by atoms with Crippen LogP contribution >= 0.6 is 23.6 Å². The first-order valence-electron chi connectivity index (χ1n) is 11.2. The van der Waals surface area contributed by atoms with Crippen molar-refractivity contribution >= 4 is 46.6 Å². The van der Waals surface area contributed by atoms with Crippen molar-refractivity contribution in [2.45, 2.75) is 32.2 Å². The molecule has 2 amide bonds. The molecule has 0 spiro atoms. The molecule has 3 aliphatic rings. The molecule has 2 fully saturated rings. The van der Waals surface area contributed by atoms with Gasteiger partial charge in [0.2, 0.25) is 0 Å². The van der Waals surface area contributed by atoms with Crippen molar-refractivity contribution in [1.82, 2.24) is 20.4 Å². The van der Waals surface area contributed by atoms with Crippen molar-refractivity contribution in [3.8, 4) is 10.4 Å². The molecule has 0 atom stereocenters. The highest BCUT2D eigenvalue weighted by molar-refractivity contribution is 7.80. The number of fused-ring (bicyclic) bond motifs is 1. The number of likely N-dealkylation sites (tertiary alicyclic amines) is 1. The standard InChI is InChI=1S/C24H26N4O2S2/c29-22-20(25-24(31)26-22)14-18-6-8-21(32-18)16-5-7-19-17(13-16)15-28(23(19)30)12-4-11-27-9-2-1-3-10-27/h5-8,13-14H,1-4,9-12,15H2,(H2,25,26,29,31)/b20-14-. The summed E-state index contributed by atoms with van der Waals surface area (Å²) in [6.07, 6.45) is 6.79. The monoisotopic (exact) mass is 466 g/mol. The van der Waals surface area contributed by atoms with Crippen molar-refractivity contribution in [1.29, 1.82) is 0 Å². The fourth-order valence-electron chi connectivity index (χ4n) is 4.59. The van der Waals surface area contributed by atoms with E-state index < -0.39 is 0 Å². The molecule has 5 rings (SSSR count). The fraction of sp³-hybridized carbons (Fsp3) is 0.375. The Kier molecular flexibility index (Phi) is 6.08. The van der Waals surface area contributed by atoms with E-state index in [9.17, 15) is 9.59 Å². The number of nitrogens with one attached hydrogen (secondary N) is 2. The molecule has 0 radical (unpaired) electrons. The van der Waals surface area contributed by atoms with Gasteiger partial charge >= 0.3 is 0 Å². The minimum absolute atomic E-state index is 0.149. The second-order valence-electron chi connectivity index (χ2n) is 8.52. The van der Waals surface area contributed by atoms with Crippen LogP contribution in [-0.2, 0) is 11.3 Å². The molecule has 0 bridgehead atoms. The predicted molar refractivity (Wildman–Crippen MR) is 131 cm³/mol. The molecule has 0 saturated carbocycles. The summed E-state index contributed by atoms with van der Waals surface area (Å²) in [5.41, 5.74) is 3.48. The molecule has 8 heteroatoms. The minimum atomic E-state index is -0.207. The Morgan fingerprint density at radius 1 is 1.03 bits per heavy atom. The zero-order chi connectivity index (χ0) is 22.1. The average Bonchev–Trinajstić information content (AvgIpc) is 3.47. The first-order valence-corrected chi connectivity index (χ1v) is 12.4. The number of carbonyl (C=O) groups excluding carboxylic acids is 2. The van der Waals surface area contributed by atoms with Crippen LogP contribution in [0.3, 0.4) is 0 Å². The van der Waals surface area contributed by atoms with E-state index in [4.69, 9.17) is 12.2 Å². The van der Waals surface area contributed by atoms with E-state index in [0.29, 0.717) is 17.4 Å². The molecule has 6 nitrogen and oxygen atoms in total. The van der Waals surface area contributed by atoms with E-state index in [0.717, 1.165) is 46.0 Å². The van der Waals surface area contributed by atoms with Gasteiger partial charge in [-0.2, -0.15) is 0 Å². The van der Waals surface area contributed by atoms with Crippen LogP contribution in [-0.4, -0.2) is 52.9 Å². The number of amides is 2. The SMILES string of the molecule is O=C1NC(=S)N/C1=C\c1ccc(-c2ccc3c(c2)CN(CCCN2CCCCC2)C3=O)s1. The lowest BCUT2D eigenvalue weighted by Crippen LogP contribution is -2.33.